The van der Waals surface area contributed by atoms with Crippen LogP contribution in [0.25, 0.3) is 6.08 Å². The summed E-state index contributed by atoms with van der Waals surface area (Å²) >= 11 is 5.80. The molecule has 0 unspecified atom stereocenters. The molecule has 1 amide bonds. The molecule has 0 spiro atoms. The molecule has 0 radical (unpaired) electrons. The van der Waals surface area contributed by atoms with Crippen molar-refractivity contribution in [2.75, 3.05) is 6.61 Å². The first-order valence-electron chi connectivity index (χ1n) is 6.54. The van der Waals surface area contributed by atoms with Gasteiger partial charge in [-0.1, -0.05) is 41.9 Å². The van der Waals surface area contributed by atoms with Gasteiger partial charge in [-0.3, -0.25) is 9.59 Å². The molecule has 0 aliphatic heterocycles. The summed E-state index contributed by atoms with van der Waals surface area (Å²) in [5, 5.41) is 0.641. The van der Waals surface area contributed by atoms with E-state index in [0.717, 1.165) is 5.56 Å². The lowest BCUT2D eigenvalue weighted by Gasteiger charge is -2.04. The minimum Gasteiger partial charge on any atom is -0.484 e. The summed E-state index contributed by atoms with van der Waals surface area (Å²) in [6.07, 6.45) is 3.17. The van der Waals surface area contributed by atoms with Crippen LogP contribution in [0.4, 0.5) is 0 Å². The number of allylic oxidation sites excluding steroid dienone is 1. The van der Waals surface area contributed by atoms with Crippen molar-refractivity contribution in [3.05, 3.63) is 70.8 Å². The number of rotatable bonds is 6. The predicted octanol–water partition coefficient (Wildman–Crippen LogP) is 3.10. The molecular weight excluding hydrogens is 302 g/mol. The molecule has 0 saturated heterocycles. The van der Waals surface area contributed by atoms with Gasteiger partial charge in [-0.25, -0.2) is 0 Å². The summed E-state index contributed by atoms with van der Waals surface area (Å²) in [6.45, 7) is -0.224. The highest BCUT2D eigenvalue weighted by atomic mass is 35.5. The van der Waals surface area contributed by atoms with Crippen molar-refractivity contribution >= 4 is 29.4 Å². The molecule has 2 rings (SSSR count). The summed E-state index contributed by atoms with van der Waals surface area (Å²) in [5.41, 5.74) is 6.35. The summed E-state index contributed by atoms with van der Waals surface area (Å²) in [7, 11) is 0. The summed E-state index contributed by atoms with van der Waals surface area (Å²) in [5.74, 6) is -0.316. The SMILES string of the molecule is NC(=O)COc1cccc(C(=O)/C=C/c2ccc(Cl)cc2)c1. The molecule has 0 bridgehead atoms. The lowest BCUT2D eigenvalue weighted by Crippen LogP contribution is -2.20. The Balaban J connectivity index is 2.07. The van der Waals surface area contributed by atoms with E-state index in [1.807, 2.05) is 12.1 Å². The van der Waals surface area contributed by atoms with Gasteiger partial charge in [0.1, 0.15) is 5.75 Å². The third kappa shape index (κ3) is 4.75. The number of primary amides is 1. The molecule has 0 aromatic heterocycles. The van der Waals surface area contributed by atoms with Crippen LogP contribution in [0.15, 0.2) is 54.6 Å². The summed E-state index contributed by atoms with van der Waals surface area (Å²) < 4.78 is 5.17. The second kappa shape index (κ2) is 7.43. The maximum absolute atomic E-state index is 12.1. The predicted molar refractivity (Wildman–Crippen MR) is 85.9 cm³/mol. The number of hydrogen-bond donors (Lipinski definition) is 1. The van der Waals surface area contributed by atoms with Crippen LogP contribution in [0.5, 0.6) is 5.75 Å². The van der Waals surface area contributed by atoms with E-state index in [4.69, 9.17) is 22.1 Å². The van der Waals surface area contributed by atoms with Crippen LogP contribution < -0.4 is 10.5 Å². The number of ketones is 1. The average Bonchev–Trinajstić information content (AvgIpc) is 2.52. The largest absolute Gasteiger partial charge is 0.484 e. The fourth-order valence-corrected chi connectivity index (χ4v) is 1.86. The van der Waals surface area contributed by atoms with E-state index < -0.39 is 5.91 Å². The number of hydrogen-bond acceptors (Lipinski definition) is 3. The Morgan fingerprint density at radius 1 is 1.14 bits per heavy atom. The van der Waals surface area contributed by atoms with Crippen molar-refractivity contribution in [2.24, 2.45) is 5.73 Å². The van der Waals surface area contributed by atoms with E-state index in [9.17, 15) is 9.59 Å². The topological polar surface area (TPSA) is 69.4 Å². The summed E-state index contributed by atoms with van der Waals surface area (Å²) in [4.78, 5) is 22.8. The van der Waals surface area contributed by atoms with Gasteiger partial charge >= 0.3 is 0 Å². The fourth-order valence-electron chi connectivity index (χ4n) is 1.74. The Morgan fingerprint density at radius 2 is 1.86 bits per heavy atom. The number of nitrogens with two attached hydrogens (primary N) is 1. The van der Waals surface area contributed by atoms with Gasteiger partial charge in [0.25, 0.3) is 5.91 Å². The van der Waals surface area contributed by atoms with Crippen molar-refractivity contribution in [3.63, 3.8) is 0 Å². The highest BCUT2D eigenvalue weighted by Gasteiger charge is 2.04. The third-order valence-corrected chi connectivity index (χ3v) is 3.05. The lowest BCUT2D eigenvalue weighted by molar-refractivity contribution is -0.119. The average molecular weight is 316 g/mol. The van der Waals surface area contributed by atoms with E-state index in [1.54, 1.807) is 42.5 Å². The van der Waals surface area contributed by atoms with E-state index >= 15 is 0 Å². The van der Waals surface area contributed by atoms with Crippen LogP contribution in [-0.4, -0.2) is 18.3 Å². The molecule has 0 saturated carbocycles. The van der Waals surface area contributed by atoms with E-state index in [-0.39, 0.29) is 12.4 Å². The molecular formula is C17H14ClNO3. The van der Waals surface area contributed by atoms with E-state index in [1.165, 1.54) is 6.08 Å². The maximum atomic E-state index is 12.1. The molecule has 5 heteroatoms. The number of carbonyl (C=O) groups excluding carboxylic acids is 2. The first kappa shape index (κ1) is 15.8. The minimum atomic E-state index is -0.570. The van der Waals surface area contributed by atoms with Crippen molar-refractivity contribution in [3.8, 4) is 5.75 Å². The van der Waals surface area contributed by atoms with Crippen LogP contribution in [0.3, 0.4) is 0 Å². The van der Waals surface area contributed by atoms with Gasteiger partial charge in [0.05, 0.1) is 0 Å². The Morgan fingerprint density at radius 3 is 2.55 bits per heavy atom. The van der Waals surface area contributed by atoms with Crippen LogP contribution in [0.1, 0.15) is 15.9 Å². The van der Waals surface area contributed by atoms with Crippen LogP contribution in [0.2, 0.25) is 5.02 Å². The highest BCUT2D eigenvalue weighted by Crippen LogP contribution is 2.15. The van der Waals surface area contributed by atoms with Gasteiger partial charge in [0.15, 0.2) is 12.4 Å². The zero-order valence-electron chi connectivity index (χ0n) is 11.7. The van der Waals surface area contributed by atoms with Gasteiger partial charge in [-0.15, -0.1) is 0 Å². The maximum Gasteiger partial charge on any atom is 0.255 e. The van der Waals surface area contributed by atoms with Crippen LogP contribution in [-0.2, 0) is 4.79 Å². The Labute approximate surface area is 133 Å². The second-order valence-corrected chi connectivity index (χ2v) is 4.97. The molecule has 112 valence electrons. The fraction of sp³-hybridized carbons (Fsp3) is 0.0588. The molecule has 22 heavy (non-hydrogen) atoms. The molecule has 2 aromatic rings. The molecule has 0 aliphatic carbocycles. The minimum absolute atomic E-state index is 0.167. The van der Waals surface area contributed by atoms with E-state index in [2.05, 4.69) is 0 Å². The lowest BCUT2D eigenvalue weighted by atomic mass is 10.1. The molecule has 0 fully saturated rings. The zero-order valence-corrected chi connectivity index (χ0v) is 12.4. The highest BCUT2D eigenvalue weighted by molar-refractivity contribution is 6.30. The van der Waals surface area contributed by atoms with Crippen molar-refractivity contribution < 1.29 is 14.3 Å². The Kier molecular flexibility index (Phi) is 5.33. The van der Waals surface area contributed by atoms with E-state index in [0.29, 0.717) is 16.3 Å². The molecule has 0 aliphatic rings. The normalized spacial score (nSPS) is 10.6. The molecule has 2 aromatic carbocycles. The van der Waals surface area contributed by atoms with Gasteiger partial charge < -0.3 is 10.5 Å². The Bertz CT molecular complexity index is 708. The van der Waals surface area contributed by atoms with Gasteiger partial charge in [-0.2, -0.15) is 0 Å². The number of benzene rings is 2. The molecule has 2 N–H and O–H groups in total. The number of carbonyl (C=O) groups is 2. The Hall–Kier alpha value is -2.59. The van der Waals surface area contributed by atoms with Crippen LogP contribution >= 0.6 is 11.6 Å². The second-order valence-electron chi connectivity index (χ2n) is 4.53. The molecule has 0 heterocycles. The standard InChI is InChI=1S/C17H14ClNO3/c18-14-7-4-12(5-8-14)6-9-16(20)13-2-1-3-15(10-13)22-11-17(19)21/h1-10H,11H2,(H2,19,21)/b9-6+. The zero-order chi connectivity index (χ0) is 15.9. The number of halogens is 1. The quantitative estimate of drug-likeness (QED) is 0.658. The van der Waals surface area contributed by atoms with Gasteiger partial charge in [0.2, 0.25) is 0 Å². The van der Waals surface area contributed by atoms with Crippen molar-refractivity contribution in [2.45, 2.75) is 0 Å². The molecule has 0 atom stereocenters. The monoisotopic (exact) mass is 315 g/mol. The number of ether oxygens (including phenoxy) is 1. The molecule has 4 nitrogen and oxygen atoms in total. The first-order chi connectivity index (χ1) is 10.5. The van der Waals surface area contributed by atoms with Gasteiger partial charge in [-0.05, 0) is 35.9 Å². The third-order valence-electron chi connectivity index (χ3n) is 2.80. The van der Waals surface area contributed by atoms with Crippen LogP contribution in [0, 0.1) is 0 Å². The van der Waals surface area contributed by atoms with Gasteiger partial charge in [0, 0.05) is 10.6 Å². The summed E-state index contributed by atoms with van der Waals surface area (Å²) in [6, 6.07) is 13.7. The van der Waals surface area contributed by atoms with Crippen molar-refractivity contribution in [1.29, 1.82) is 0 Å². The first-order valence-corrected chi connectivity index (χ1v) is 6.91. The van der Waals surface area contributed by atoms with Crippen molar-refractivity contribution in [1.82, 2.24) is 0 Å². The smallest absolute Gasteiger partial charge is 0.255 e. The number of amides is 1.